The molecule has 0 unspecified atom stereocenters. The van der Waals surface area contributed by atoms with E-state index in [2.05, 4.69) is 0 Å². The summed E-state index contributed by atoms with van der Waals surface area (Å²) in [6, 6.07) is 22.2. The third kappa shape index (κ3) is 4.49. The minimum Gasteiger partial charge on any atom is -0.456 e. The van der Waals surface area contributed by atoms with Gasteiger partial charge in [0, 0.05) is 10.6 Å². The number of ketones is 1. The van der Waals surface area contributed by atoms with Gasteiger partial charge in [0.1, 0.15) is 17.1 Å². The highest BCUT2D eigenvalue weighted by molar-refractivity contribution is 6.30. The van der Waals surface area contributed by atoms with Gasteiger partial charge in [-0.15, -0.1) is 0 Å². The molecule has 3 rings (SSSR count). The number of hydrogen-bond acceptors (Lipinski definition) is 4. The SMILES string of the molecule is O=C(COC(=O)c1ccccc1Oc1ccccc1)c1ccc(Cl)cc1. The van der Waals surface area contributed by atoms with Gasteiger partial charge in [-0.05, 0) is 48.5 Å². The van der Waals surface area contributed by atoms with E-state index in [1.165, 1.54) is 0 Å². The monoisotopic (exact) mass is 366 g/mol. The third-order valence-electron chi connectivity index (χ3n) is 3.58. The van der Waals surface area contributed by atoms with Crippen molar-refractivity contribution in [2.24, 2.45) is 0 Å². The van der Waals surface area contributed by atoms with Gasteiger partial charge in [-0.2, -0.15) is 0 Å². The van der Waals surface area contributed by atoms with Gasteiger partial charge in [-0.3, -0.25) is 4.79 Å². The predicted molar refractivity (Wildman–Crippen MR) is 99.0 cm³/mol. The molecule has 0 N–H and O–H groups in total. The molecule has 3 aromatic rings. The molecule has 0 aliphatic rings. The van der Waals surface area contributed by atoms with Gasteiger partial charge in [0.2, 0.25) is 0 Å². The molecule has 0 saturated carbocycles. The Balaban J connectivity index is 1.68. The van der Waals surface area contributed by atoms with Crippen molar-refractivity contribution in [2.75, 3.05) is 6.61 Å². The first-order valence-corrected chi connectivity index (χ1v) is 8.29. The van der Waals surface area contributed by atoms with E-state index in [4.69, 9.17) is 21.1 Å². The maximum atomic E-state index is 12.4. The molecule has 5 heteroatoms. The van der Waals surface area contributed by atoms with E-state index in [9.17, 15) is 9.59 Å². The Morgan fingerprint density at radius 3 is 2.19 bits per heavy atom. The van der Waals surface area contributed by atoms with Gasteiger partial charge in [0.15, 0.2) is 12.4 Å². The van der Waals surface area contributed by atoms with Crippen LogP contribution in [0.4, 0.5) is 0 Å². The molecule has 0 spiro atoms. The van der Waals surface area contributed by atoms with Crippen LogP contribution < -0.4 is 4.74 Å². The van der Waals surface area contributed by atoms with Gasteiger partial charge in [0.05, 0.1) is 0 Å². The largest absolute Gasteiger partial charge is 0.456 e. The molecule has 0 saturated heterocycles. The minimum atomic E-state index is -0.626. The molecule has 0 radical (unpaired) electrons. The second-order valence-electron chi connectivity index (χ2n) is 5.42. The summed E-state index contributed by atoms with van der Waals surface area (Å²) in [6.07, 6.45) is 0. The Bertz CT molecular complexity index is 905. The first-order valence-electron chi connectivity index (χ1n) is 7.91. The number of carbonyl (C=O) groups is 2. The summed E-state index contributed by atoms with van der Waals surface area (Å²) in [5, 5.41) is 0.533. The quantitative estimate of drug-likeness (QED) is 0.446. The fourth-order valence-electron chi connectivity index (χ4n) is 2.27. The number of para-hydroxylation sites is 2. The van der Waals surface area contributed by atoms with E-state index in [-0.39, 0.29) is 18.0 Å². The molecule has 0 aliphatic carbocycles. The third-order valence-corrected chi connectivity index (χ3v) is 3.83. The zero-order valence-corrected chi connectivity index (χ0v) is 14.5. The zero-order chi connectivity index (χ0) is 18.4. The van der Waals surface area contributed by atoms with Crippen LogP contribution in [0.15, 0.2) is 78.9 Å². The first kappa shape index (κ1) is 17.7. The van der Waals surface area contributed by atoms with Gasteiger partial charge in [0.25, 0.3) is 0 Å². The fourth-order valence-corrected chi connectivity index (χ4v) is 2.39. The van der Waals surface area contributed by atoms with E-state index in [1.807, 2.05) is 18.2 Å². The number of hydrogen-bond donors (Lipinski definition) is 0. The van der Waals surface area contributed by atoms with Crippen molar-refractivity contribution in [2.45, 2.75) is 0 Å². The highest BCUT2D eigenvalue weighted by Crippen LogP contribution is 2.25. The maximum absolute atomic E-state index is 12.4. The van der Waals surface area contributed by atoms with Crippen molar-refractivity contribution in [3.8, 4) is 11.5 Å². The Hall–Kier alpha value is -3.11. The van der Waals surface area contributed by atoms with Crippen molar-refractivity contribution >= 4 is 23.4 Å². The van der Waals surface area contributed by atoms with E-state index >= 15 is 0 Å². The Labute approximate surface area is 155 Å². The van der Waals surface area contributed by atoms with Crippen LogP contribution in [0.25, 0.3) is 0 Å². The van der Waals surface area contributed by atoms with Crippen molar-refractivity contribution in [3.63, 3.8) is 0 Å². The van der Waals surface area contributed by atoms with Crippen molar-refractivity contribution in [1.29, 1.82) is 0 Å². The lowest BCUT2D eigenvalue weighted by molar-refractivity contribution is 0.0472. The average Bonchev–Trinajstić information content (AvgIpc) is 2.67. The molecule has 0 heterocycles. The molecule has 0 bridgehead atoms. The average molecular weight is 367 g/mol. The van der Waals surface area contributed by atoms with Gasteiger partial charge < -0.3 is 9.47 Å². The summed E-state index contributed by atoms with van der Waals surface area (Å²) in [5.41, 5.74) is 0.677. The molecular weight excluding hydrogens is 352 g/mol. The molecule has 0 aromatic heterocycles. The summed E-state index contributed by atoms with van der Waals surface area (Å²) in [6.45, 7) is -0.361. The summed E-state index contributed by atoms with van der Waals surface area (Å²) >= 11 is 5.80. The van der Waals surface area contributed by atoms with E-state index < -0.39 is 5.97 Å². The lowest BCUT2D eigenvalue weighted by Crippen LogP contribution is -2.14. The number of esters is 1. The van der Waals surface area contributed by atoms with Crippen LogP contribution in [0, 0.1) is 0 Å². The lowest BCUT2D eigenvalue weighted by atomic mass is 10.1. The minimum absolute atomic E-state index is 0.250. The number of Topliss-reactive ketones (excluding diaryl/α,β-unsaturated/α-hetero) is 1. The van der Waals surface area contributed by atoms with E-state index in [0.29, 0.717) is 22.1 Å². The second kappa shape index (κ2) is 8.32. The molecule has 0 atom stereocenters. The summed E-state index contributed by atoms with van der Waals surface area (Å²) in [4.78, 5) is 24.5. The Kier molecular flexibility index (Phi) is 5.66. The van der Waals surface area contributed by atoms with Gasteiger partial charge in [-0.1, -0.05) is 41.9 Å². The number of rotatable bonds is 6. The smallest absolute Gasteiger partial charge is 0.342 e. The van der Waals surface area contributed by atoms with Crippen LogP contribution in [0.1, 0.15) is 20.7 Å². The van der Waals surface area contributed by atoms with Crippen LogP contribution in [-0.4, -0.2) is 18.4 Å². The van der Waals surface area contributed by atoms with Crippen molar-refractivity contribution in [1.82, 2.24) is 0 Å². The number of ether oxygens (including phenoxy) is 2. The van der Waals surface area contributed by atoms with Crippen LogP contribution in [0.2, 0.25) is 5.02 Å². The maximum Gasteiger partial charge on any atom is 0.342 e. The topological polar surface area (TPSA) is 52.6 Å². The van der Waals surface area contributed by atoms with Crippen LogP contribution in [0.5, 0.6) is 11.5 Å². The van der Waals surface area contributed by atoms with Crippen LogP contribution in [-0.2, 0) is 4.74 Å². The first-order chi connectivity index (χ1) is 12.6. The van der Waals surface area contributed by atoms with E-state index in [0.717, 1.165) is 0 Å². The zero-order valence-electron chi connectivity index (χ0n) is 13.7. The Morgan fingerprint density at radius 2 is 1.46 bits per heavy atom. The molecule has 4 nitrogen and oxygen atoms in total. The lowest BCUT2D eigenvalue weighted by Gasteiger charge is -2.10. The number of halogens is 1. The Morgan fingerprint density at radius 1 is 0.808 bits per heavy atom. The fraction of sp³-hybridized carbons (Fsp3) is 0.0476. The van der Waals surface area contributed by atoms with Gasteiger partial charge >= 0.3 is 5.97 Å². The molecule has 130 valence electrons. The molecule has 26 heavy (non-hydrogen) atoms. The molecule has 0 aliphatic heterocycles. The predicted octanol–water partition coefficient (Wildman–Crippen LogP) is 5.17. The molecular formula is C21H15ClO4. The highest BCUT2D eigenvalue weighted by Gasteiger charge is 2.16. The summed E-state index contributed by atoms with van der Waals surface area (Å²) < 4.78 is 10.9. The second-order valence-corrected chi connectivity index (χ2v) is 5.85. The van der Waals surface area contributed by atoms with E-state index in [1.54, 1.807) is 60.7 Å². The van der Waals surface area contributed by atoms with Crippen molar-refractivity contribution in [3.05, 3.63) is 95.0 Å². The summed E-state index contributed by atoms with van der Waals surface area (Å²) in [5.74, 6) is 0.0305. The normalized spacial score (nSPS) is 10.2. The number of benzene rings is 3. The standard InChI is InChI=1S/C21H15ClO4/c22-16-12-10-15(11-13-16)19(23)14-25-21(24)18-8-4-5-9-20(18)26-17-6-2-1-3-7-17/h1-13H,14H2. The van der Waals surface area contributed by atoms with Crippen LogP contribution >= 0.6 is 11.6 Å². The molecule has 0 fully saturated rings. The van der Waals surface area contributed by atoms with Crippen LogP contribution in [0.3, 0.4) is 0 Å². The molecule has 3 aromatic carbocycles. The molecule has 0 amide bonds. The van der Waals surface area contributed by atoms with Crippen molar-refractivity contribution < 1.29 is 19.1 Å². The number of carbonyl (C=O) groups excluding carboxylic acids is 2. The highest BCUT2D eigenvalue weighted by atomic mass is 35.5. The van der Waals surface area contributed by atoms with Gasteiger partial charge in [-0.25, -0.2) is 4.79 Å². The summed E-state index contributed by atoms with van der Waals surface area (Å²) in [7, 11) is 0.